The van der Waals surface area contributed by atoms with Gasteiger partial charge in [-0.05, 0) is 18.1 Å². The van der Waals surface area contributed by atoms with Crippen LogP contribution in [0.1, 0.15) is 16.8 Å². The van der Waals surface area contributed by atoms with Crippen LogP contribution in [0.2, 0.25) is 0 Å². The molecule has 1 aliphatic heterocycles. The van der Waals surface area contributed by atoms with E-state index in [1.165, 1.54) is 4.52 Å². The Hall–Kier alpha value is -1.88. The fraction of sp³-hybridized carbons (Fsp3) is 0.417. The Morgan fingerprint density at radius 1 is 1.60 bits per heavy atom. The molecule has 8 heteroatoms. The zero-order valence-corrected chi connectivity index (χ0v) is 12.4. The molecule has 20 heavy (non-hydrogen) atoms. The normalized spacial score (nSPS) is 18.7. The van der Waals surface area contributed by atoms with Gasteiger partial charge in [0.15, 0.2) is 11.5 Å². The SMILES string of the molecule is CNC(=O)c1c(N)nn2ccc(N3CCC(P)C3)nc12. The molecule has 3 heterocycles. The van der Waals surface area contributed by atoms with Crippen LogP contribution in [0.3, 0.4) is 0 Å². The number of hydrogen-bond acceptors (Lipinski definition) is 5. The third-order valence-corrected chi connectivity index (χ3v) is 4.04. The number of carbonyl (C=O) groups is 1. The monoisotopic (exact) mass is 292 g/mol. The quantitative estimate of drug-likeness (QED) is 0.768. The van der Waals surface area contributed by atoms with Gasteiger partial charge in [0.05, 0.1) is 0 Å². The average Bonchev–Trinajstić information content (AvgIpc) is 3.00. The van der Waals surface area contributed by atoms with Gasteiger partial charge in [0, 0.05) is 26.3 Å². The lowest BCUT2D eigenvalue weighted by molar-refractivity contribution is 0.0965. The van der Waals surface area contributed by atoms with Crippen LogP contribution in [-0.2, 0) is 0 Å². The largest absolute Gasteiger partial charge is 0.381 e. The number of amides is 1. The van der Waals surface area contributed by atoms with Crippen molar-refractivity contribution in [3.63, 3.8) is 0 Å². The van der Waals surface area contributed by atoms with Crippen molar-refractivity contribution in [1.29, 1.82) is 0 Å². The average molecular weight is 292 g/mol. The van der Waals surface area contributed by atoms with E-state index >= 15 is 0 Å². The van der Waals surface area contributed by atoms with Gasteiger partial charge in [0.25, 0.3) is 5.91 Å². The summed E-state index contributed by atoms with van der Waals surface area (Å²) in [7, 11) is 4.40. The summed E-state index contributed by atoms with van der Waals surface area (Å²) in [4.78, 5) is 18.7. The second-order valence-electron chi connectivity index (χ2n) is 4.89. The second kappa shape index (κ2) is 4.90. The first-order chi connectivity index (χ1) is 9.60. The lowest BCUT2D eigenvalue weighted by Crippen LogP contribution is -2.22. The van der Waals surface area contributed by atoms with Gasteiger partial charge in [0.2, 0.25) is 0 Å². The summed E-state index contributed by atoms with van der Waals surface area (Å²) in [5.74, 6) is 0.777. The number of fused-ring (bicyclic) bond motifs is 1. The maximum absolute atomic E-state index is 11.9. The highest BCUT2D eigenvalue weighted by molar-refractivity contribution is 7.17. The van der Waals surface area contributed by atoms with E-state index in [-0.39, 0.29) is 11.7 Å². The van der Waals surface area contributed by atoms with Crippen LogP contribution in [-0.4, -0.2) is 46.3 Å². The van der Waals surface area contributed by atoms with Gasteiger partial charge in [-0.15, -0.1) is 14.3 Å². The standard InChI is InChI=1S/C12H17N6OP/c1-14-12(19)9-10(13)16-18-5-3-8(15-11(9)18)17-4-2-7(20)6-17/h3,5,7H,2,4,6,20H2,1H3,(H2,13,16)(H,14,19). The third-order valence-electron chi connectivity index (χ3n) is 3.50. The van der Waals surface area contributed by atoms with E-state index in [0.29, 0.717) is 16.9 Å². The number of aromatic nitrogens is 3. The Kier molecular flexibility index (Phi) is 3.22. The van der Waals surface area contributed by atoms with Gasteiger partial charge in [-0.1, -0.05) is 0 Å². The van der Waals surface area contributed by atoms with Crippen LogP contribution in [0.4, 0.5) is 11.6 Å². The molecule has 0 aliphatic carbocycles. The zero-order chi connectivity index (χ0) is 14.3. The fourth-order valence-corrected chi connectivity index (χ4v) is 2.85. The van der Waals surface area contributed by atoms with Gasteiger partial charge >= 0.3 is 0 Å². The van der Waals surface area contributed by atoms with Gasteiger partial charge in [-0.3, -0.25) is 4.79 Å². The zero-order valence-electron chi connectivity index (χ0n) is 11.2. The molecule has 1 aliphatic rings. The molecule has 3 N–H and O–H groups in total. The van der Waals surface area contributed by atoms with Crippen LogP contribution in [0.15, 0.2) is 12.3 Å². The van der Waals surface area contributed by atoms with E-state index in [9.17, 15) is 4.79 Å². The number of nitrogens with one attached hydrogen (secondary N) is 1. The van der Waals surface area contributed by atoms with Crippen molar-refractivity contribution in [2.75, 3.05) is 30.8 Å². The summed E-state index contributed by atoms with van der Waals surface area (Å²) in [5.41, 5.74) is 7.21. The number of nitrogens with zero attached hydrogens (tertiary/aromatic N) is 4. The van der Waals surface area contributed by atoms with Crippen LogP contribution < -0.4 is 16.0 Å². The minimum Gasteiger partial charge on any atom is -0.381 e. The smallest absolute Gasteiger partial charge is 0.258 e. The van der Waals surface area contributed by atoms with Crippen molar-refractivity contribution in [2.24, 2.45) is 0 Å². The number of rotatable bonds is 2. The molecule has 0 saturated carbocycles. The van der Waals surface area contributed by atoms with Gasteiger partial charge in [-0.2, -0.15) is 0 Å². The van der Waals surface area contributed by atoms with E-state index in [1.807, 2.05) is 6.07 Å². The summed E-state index contributed by atoms with van der Waals surface area (Å²) in [6.45, 7) is 1.92. The molecular formula is C12H17N6OP. The molecule has 106 valence electrons. The molecular weight excluding hydrogens is 275 g/mol. The van der Waals surface area contributed by atoms with E-state index in [4.69, 9.17) is 5.73 Å². The Morgan fingerprint density at radius 2 is 2.40 bits per heavy atom. The Labute approximate surface area is 118 Å². The van der Waals surface area contributed by atoms with E-state index in [0.717, 1.165) is 25.3 Å². The summed E-state index contributed by atoms with van der Waals surface area (Å²) in [5, 5.41) is 6.68. The molecule has 2 aromatic rings. The molecule has 2 atom stereocenters. The topological polar surface area (TPSA) is 88.5 Å². The second-order valence-corrected chi connectivity index (χ2v) is 5.83. The molecule has 0 radical (unpaired) electrons. The number of nitrogen functional groups attached to an aromatic ring is 1. The molecule has 0 spiro atoms. The van der Waals surface area contributed by atoms with E-state index in [1.54, 1.807) is 13.2 Å². The highest BCUT2D eigenvalue weighted by atomic mass is 31.0. The van der Waals surface area contributed by atoms with Crippen molar-refractivity contribution in [3.8, 4) is 0 Å². The summed E-state index contributed by atoms with van der Waals surface area (Å²) >= 11 is 0. The number of hydrogen-bond donors (Lipinski definition) is 2. The predicted octanol–water partition coefficient (Wildman–Crippen LogP) is 0.125. The highest BCUT2D eigenvalue weighted by Gasteiger charge is 2.23. The van der Waals surface area contributed by atoms with Crippen LogP contribution in [0.25, 0.3) is 5.65 Å². The van der Waals surface area contributed by atoms with Crippen molar-refractivity contribution >= 4 is 32.4 Å². The molecule has 2 aromatic heterocycles. The summed E-state index contributed by atoms with van der Waals surface area (Å²) in [6.07, 6.45) is 2.91. The maximum Gasteiger partial charge on any atom is 0.258 e. The van der Waals surface area contributed by atoms with Crippen LogP contribution >= 0.6 is 9.24 Å². The predicted molar refractivity (Wildman–Crippen MR) is 81.1 cm³/mol. The van der Waals surface area contributed by atoms with Crippen LogP contribution in [0, 0.1) is 0 Å². The molecule has 2 unspecified atom stereocenters. The van der Waals surface area contributed by atoms with Crippen molar-refractivity contribution in [1.82, 2.24) is 19.9 Å². The number of anilines is 2. The fourth-order valence-electron chi connectivity index (χ4n) is 2.45. The molecule has 1 saturated heterocycles. The molecule has 1 fully saturated rings. The number of nitrogens with two attached hydrogens (primary N) is 1. The van der Waals surface area contributed by atoms with E-state index < -0.39 is 0 Å². The summed E-state index contributed by atoms with van der Waals surface area (Å²) < 4.78 is 1.54. The summed E-state index contributed by atoms with van der Waals surface area (Å²) in [6, 6.07) is 1.90. The van der Waals surface area contributed by atoms with Crippen LogP contribution in [0.5, 0.6) is 0 Å². The Balaban J connectivity index is 2.07. The molecule has 0 bridgehead atoms. The third kappa shape index (κ3) is 2.08. The Bertz CT molecular complexity index is 669. The van der Waals surface area contributed by atoms with Gasteiger partial charge in [0.1, 0.15) is 11.4 Å². The minimum absolute atomic E-state index is 0.194. The molecule has 7 nitrogen and oxygen atoms in total. The van der Waals surface area contributed by atoms with Crippen molar-refractivity contribution in [3.05, 3.63) is 17.8 Å². The lowest BCUT2D eigenvalue weighted by atomic mass is 10.3. The minimum atomic E-state index is -0.271. The highest BCUT2D eigenvalue weighted by Crippen LogP contribution is 2.24. The first-order valence-corrected chi connectivity index (χ1v) is 7.14. The van der Waals surface area contributed by atoms with Crippen molar-refractivity contribution < 1.29 is 4.79 Å². The van der Waals surface area contributed by atoms with E-state index in [2.05, 4.69) is 29.5 Å². The van der Waals surface area contributed by atoms with Gasteiger partial charge < -0.3 is 16.0 Å². The lowest BCUT2D eigenvalue weighted by Gasteiger charge is -2.16. The first kappa shape index (κ1) is 13.1. The number of carbonyl (C=O) groups excluding carboxylic acids is 1. The van der Waals surface area contributed by atoms with Crippen molar-refractivity contribution in [2.45, 2.75) is 12.1 Å². The Morgan fingerprint density at radius 3 is 3.05 bits per heavy atom. The molecule has 0 aromatic carbocycles. The first-order valence-electron chi connectivity index (χ1n) is 6.47. The molecule has 3 rings (SSSR count). The maximum atomic E-state index is 11.9. The van der Waals surface area contributed by atoms with Gasteiger partial charge in [-0.25, -0.2) is 9.50 Å². The molecule has 1 amide bonds.